The van der Waals surface area contributed by atoms with Crippen LogP contribution in [0.3, 0.4) is 0 Å². The number of aryl methyl sites for hydroxylation is 1. The van der Waals surface area contributed by atoms with Crippen molar-refractivity contribution in [2.45, 2.75) is 39.0 Å². The molecule has 3 N–H and O–H groups in total. The van der Waals surface area contributed by atoms with Crippen LogP contribution in [0.2, 0.25) is 0 Å². The van der Waals surface area contributed by atoms with Gasteiger partial charge in [-0.2, -0.15) is 0 Å². The third kappa shape index (κ3) is 3.59. The molecule has 0 saturated heterocycles. The van der Waals surface area contributed by atoms with Crippen molar-refractivity contribution < 1.29 is 9.18 Å². The van der Waals surface area contributed by atoms with E-state index in [4.69, 9.17) is 5.73 Å². The van der Waals surface area contributed by atoms with E-state index in [1.54, 1.807) is 6.92 Å². The van der Waals surface area contributed by atoms with Crippen LogP contribution in [0.1, 0.15) is 48.0 Å². The van der Waals surface area contributed by atoms with Crippen molar-refractivity contribution in [2.24, 2.45) is 0 Å². The molecule has 4 heteroatoms. The van der Waals surface area contributed by atoms with Crippen LogP contribution in [0.25, 0.3) is 0 Å². The molecule has 0 bridgehead atoms. The van der Waals surface area contributed by atoms with Gasteiger partial charge in [-0.3, -0.25) is 4.79 Å². The fourth-order valence-corrected chi connectivity index (χ4v) is 2.53. The summed E-state index contributed by atoms with van der Waals surface area (Å²) in [5, 5.41) is 2.77. The van der Waals surface area contributed by atoms with Gasteiger partial charge in [-0.25, -0.2) is 4.39 Å². The molecule has 0 saturated carbocycles. The van der Waals surface area contributed by atoms with Gasteiger partial charge in [0.25, 0.3) is 5.91 Å². The van der Waals surface area contributed by atoms with Crippen molar-refractivity contribution in [3.63, 3.8) is 0 Å². The summed E-state index contributed by atoms with van der Waals surface area (Å²) < 4.78 is 13.9. The Morgan fingerprint density at radius 1 is 1.40 bits per heavy atom. The maximum atomic E-state index is 13.9. The summed E-state index contributed by atoms with van der Waals surface area (Å²) in [5.41, 5.74) is 7.87. The van der Waals surface area contributed by atoms with Crippen molar-refractivity contribution in [3.8, 4) is 0 Å². The second kappa shape index (κ2) is 6.55. The maximum Gasteiger partial charge on any atom is 0.254 e. The fourth-order valence-electron chi connectivity index (χ4n) is 2.53. The van der Waals surface area contributed by atoms with Gasteiger partial charge in [0.1, 0.15) is 5.82 Å². The topological polar surface area (TPSA) is 55.1 Å². The number of hydrogen-bond donors (Lipinski definition) is 2. The predicted octanol–water partition coefficient (Wildman–Crippen LogP) is 3.34. The zero-order valence-corrected chi connectivity index (χ0v) is 11.8. The summed E-state index contributed by atoms with van der Waals surface area (Å²) in [6, 6.07) is 2.91. The molecule has 0 unspecified atom stereocenters. The quantitative estimate of drug-likeness (QED) is 0.654. The fraction of sp³-hybridized carbons (Fsp3) is 0.438. The van der Waals surface area contributed by atoms with Crippen molar-refractivity contribution in [2.75, 3.05) is 12.3 Å². The summed E-state index contributed by atoms with van der Waals surface area (Å²) in [6.45, 7) is 2.15. The van der Waals surface area contributed by atoms with Gasteiger partial charge in [0.2, 0.25) is 0 Å². The van der Waals surface area contributed by atoms with E-state index in [0.29, 0.717) is 17.8 Å². The molecule has 0 spiro atoms. The summed E-state index contributed by atoms with van der Waals surface area (Å²) in [7, 11) is 0. The van der Waals surface area contributed by atoms with Crippen molar-refractivity contribution >= 4 is 11.6 Å². The minimum atomic E-state index is -0.492. The summed E-state index contributed by atoms with van der Waals surface area (Å²) in [4.78, 5) is 12.0. The number of allylic oxidation sites excluding steroid dienone is 1. The zero-order valence-electron chi connectivity index (χ0n) is 11.8. The van der Waals surface area contributed by atoms with E-state index in [1.165, 1.54) is 30.5 Å². The molecular weight excluding hydrogens is 255 g/mol. The third-order valence-electron chi connectivity index (χ3n) is 3.64. The van der Waals surface area contributed by atoms with Gasteiger partial charge in [-0.05, 0) is 56.7 Å². The normalized spacial score (nSPS) is 14.8. The van der Waals surface area contributed by atoms with E-state index in [2.05, 4.69) is 11.4 Å². The maximum absolute atomic E-state index is 13.9. The number of nitrogen functional groups attached to an aromatic ring is 1. The molecule has 0 fully saturated rings. The van der Waals surface area contributed by atoms with Crippen molar-refractivity contribution in [3.05, 3.63) is 40.7 Å². The lowest BCUT2D eigenvalue weighted by Gasteiger charge is -2.13. The van der Waals surface area contributed by atoms with Crippen LogP contribution in [0.4, 0.5) is 10.1 Å². The Bertz CT molecular complexity index is 538. The molecule has 3 nitrogen and oxygen atoms in total. The highest BCUT2D eigenvalue weighted by atomic mass is 19.1. The van der Waals surface area contributed by atoms with E-state index >= 15 is 0 Å². The van der Waals surface area contributed by atoms with Crippen LogP contribution in [0, 0.1) is 12.7 Å². The van der Waals surface area contributed by atoms with Gasteiger partial charge in [0.15, 0.2) is 0 Å². The van der Waals surface area contributed by atoms with E-state index in [9.17, 15) is 9.18 Å². The molecule has 0 radical (unpaired) electrons. The smallest absolute Gasteiger partial charge is 0.254 e. The molecule has 2 rings (SSSR count). The van der Waals surface area contributed by atoms with E-state index in [-0.39, 0.29) is 5.56 Å². The van der Waals surface area contributed by atoms with Crippen LogP contribution in [-0.4, -0.2) is 12.5 Å². The average molecular weight is 276 g/mol. The van der Waals surface area contributed by atoms with Crippen molar-refractivity contribution in [1.29, 1.82) is 0 Å². The van der Waals surface area contributed by atoms with Crippen molar-refractivity contribution in [1.82, 2.24) is 5.32 Å². The number of benzene rings is 1. The lowest BCUT2D eigenvalue weighted by molar-refractivity contribution is 0.0950. The molecule has 1 amide bonds. The monoisotopic (exact) mass is 276 g/mol. The highest BCUT2D eigenvalue weighted by Gasteiger charge is 2.14. The summed E-state index contributed by atoms with van der Waals surface area (Å²) >= 11 is 0. The number of anilines is 1. The van der Waals surface area contributed by atoms with Crippen LogP contribution in [0.5, 0.6) is 0 Å². The van der Waals surface area contributed by atoms with Gasteiger partial charge >= 0.3 is 0 Å². The number of hydrogen-bond acceptors (Lipinski definition) is 2. The lowest BCUT2D eigenvalue weighted by Crippen LogP contribution is -2.26. The van der Waals surface area contributed by atoms with Gasteiger partial charge < -0.3 is 11.1 Å². The molecule has 20 heavy (non-hydrogen) atoms. The molecule has 0 heterocycles. The molecule has 0 aromatic heterocycles. The standard InChI is InChI=1S/C16H21FN2O/c1-11-9-13(18)10-14(15(11)17)16(20)19-8-7-12-5-3-2-4-6-12/h5,9-10H,2-4,6-8,18H2,1H3,(H,19,20). The molecule has 108 valence electrons. The Balaban J connectivity index is 1.93. The minimum absolute atomic E-state index is 0.0279. The molecule has 1 aromatic carbocycles. The predicted molar refractivity (Wildman–Crippen MR) is 79.1 cm³/mol. The number of nitrogens with two attached hydrogens (primary N) is 1. The van der Waals surface area contributed by atoms with Gasteiger partial charge in [0, 0.05) is 12.2 Å². The molecule has 1 aliphatic rings. The van der Waals surface area contributed by atoms with Crippen LogP contribution in [0.15, 0.2) is 23.8 Å². The SMILES string of the molecule is Cc1cc(N)cc(C(=O)NCCC2=CCCCC2)c1F. The Morgan fingerprint density at radius 2 is 2.20 bits per heavy atom. The third-order valence-corrected chi connectivity index (χ3v) is 3.64. The first kappa shape index (κ1) is 14.6. The number of halogens is 1. The molecule has 0 atom stereocenters. The first-order chi connectivity index (χ1) is 9.58. The highest BCUT2D eigenvalue weighted by molar-refractivity contribution is 5.95. The number of carbonyl (C=O) groups excluding carboxylic acids is 1. The van der Waals surface area contributed by atoms with Crippen LogP contribution < -0.4 is 11.1 Å². The zero-order chi connectivity index (χ0) is 14.5. The lowest BCUT2D eigenvalue weighted by atomic mass is 9.97. The molecule has 1 aliphatic carbocycles. The summed E-state index contributed by atoms with van der Waals surface area (Å²) in [6.07, 6.45) is 7.82. The second-order valence-electron chi connectivity index (χ2n) is 5.31. The second-order valence-corrected chi connectivity index (χ2v) is 5.31. The number of rotatable bonds is 4. The summed E-state index contributed by atoms with van der Waals surface area (Å²) in [5.74, 6) is -0.886. The largest absolute Gasteiger partial charge is 0.399 e. The average Bonchev–Trinajstić information content (AvgIpc) is 2.44. The Kier molecular flexibility index (Phi) is 4.77. The van der Waals surface area contributed by atoms with Crippen LogP contribution in [-0.2, 0) is 0 Å². The highest BCUT2D eigenvalue weighted by Crippen LogP contribution is 2.20. The van der Waals surface area contributed by atoms with Crippen LogP contribution >= 0.6 is 0 Å². The molecular formula is C16H21FN2O. The number of nitrogens with one attached hydrogen (secondary N) is 1. The minimum Gasteiger partial charge on any atom is -0.399 e. The number of amides is 1. The van der Waals surface area contributed by atoms with Gasteiger partial charge in [-0.15, -0.1) is 0 Å². The van der Waals surface area contributed by atoms with E-state index < -0.39 is 11.7 Å². The Hall–Kier alpha value is -1.84. The molecule has 1 aromatic rings. The Morgan fingerprint density at radius 3 is 2.90 bits per heavy atom. The first-order valence-corrected chi connectivity index (χ1v) is 7.09. The molecule has 0 aliphatic heterocycles. The van der Waals surface area contributed by atoms with E-state index in [0.717, 1.165) is 19.3 Å². The van der Waals surface area contributed by atoms with Gasteiger partial charge in [-0.1, -0.05) is 11.6 Å². The Labute approximate surface area is 119 Å². The van der Waals surface area contributed by atoms with Gasteiger partial charge in [0.05, 0.1) is 5.56 Å². The first-order valence-electron chi connectivity index (χ1n) is 7.09. The number of carbonyl (C=O) groups is 1. The van der Waals surface area contributed by atoms with E-state index in [1.807, 2.05) is 0 Å².